The first-order valence-electron chi connectivity index (χ1n) is 8.63. The van der Waals surface area contributed by atoms with E-state index in [1.165, 1.54) is 12.1 Å². The second-order valence-electron chi connectivity index (χ2n) is 6.23. The molecule has 0 amide bonds. The Labute approximate surface area is 146 Å². The minimum Gasteiger partial charge on any atom is -0.493 e. The molecule has 2 aliphatic heterocycles. The summed E-state index contributed by atoms with van der Waals surface area (Å²) >= 11 is 0. The van der Waals surface area contributed by atoms with E-state index in [1.807, 2.05) is 6.07 Å². The number of fused-ring (bicyclic) bond motifs is 1. The van der Waals surface area contributed by atoms with Crippen LogP contribution in [-0.2, 0) is 4.74 Å². The Morgan fingerprint density at radius 2 is 2.00 bits per heavy atom. The molecule has 0 saturated carbocycles. The topological polar surface area (TPSA) is 59.5 Å². The molecule has 2 aliphatic rings. The fraction of sp³-hybridized carbons (Fsp3) is 0.444. The monoisotopic (exact) mass is 344 g/mol. The normalized spacial score (nSPS) is 20.4. The molecule has 3 heterocycles. The summed E-state index contributed by atoms with van der Waals surface area (Å²) < 4.78 is 24.6. The van der Waals surface area contributed by atoms with Gasteiger partial charge in [-0.3, -0.25) is 0 Å². The molecule has 1 atom stereocenters. The van der Waals surface area contributed by atoms with Gasteiger partial charge in [-0.15, -0.1) is 0 Å². The van der Waals surface area contributed by atoms with Gasteiger partial charge >= 0.3 is 0 Å². The van der Waals surface area contributed by atoms with Crippen LogP contribution >= 0.6 is 0 Å². The van der Waals surface area contributed by atoms with Gasteiger partial charge in [0.15, 0.2) is 0 Å². The zero-order chi connectivity index (χ0) is 17.1. The zero-order valence-corrected chi connectivity index (χ0v) is 13.9. The summed E-state index contributed by atoms with van der Waals surface area (Å²) in [7, 11) is 0. The van der Waals surface area contributed by atoms with E-state index in [-0.39, 0.29) is 11.9 Å². The molecule has 4 rings (SSSR count). The van der Waals surface area contributed by atoms with E-state index in [4.69, 9.17) is 9.47 Å². The van der Waals surface area contributed by atoms with Crippen molar-refractivity contribution < 1.29 is 13.9 Å². The third-order valence-corrected chi connectivity index (χ3v) is 4.56. The van der Waals surface area contributed by atoms with Gasteiger partial charge < -0.3 is 19.7 Å². The fourth-order valence-corrected chi connectivity index (χ4v) is 3.27. The Hall–Kier alpha value is -2.41. The molecule has 0 aliphatic carbocycles. The maximum absolute atomic E-state index is 13.5. The smallest absolute Gasteiger partial charge is 0.134 e. The molecule has 0 bridgehead atoms. The first-order chi connectivity index (χ1) is 12.3. The number of anilines is 2. The van der Waals surface area contributed by atoms with Gasteiger partial charge in [0.2, 0.25) is 0 Å². The fourth-order valence-electron chi connectivity index (χ4n) is 3.27. The second kappa shape index (κ2) is 7.23. The molecule has 1 fully saturated rings. The standard InChI is InChI=1S/C18H21FN4O2/c19-13-3-4-14-15(2-1-7-25-16(14)10-13)22-17-11-18(21-12-20-17)23-5-8-24-9-6-23/h3-4,10-12,15H,1-2,5-9H2,(H,20,21,22). The van der Waals surface area contributed by atoms with Crippen LogP contribution in [0.4, 0.5) is 16.0 Å². The Kier molecular flexibility index (Phi) is 4.65. The van der Waals surface area contributed by atoms with Crippen molar-refractivity contribution >= 4 is 11.6 Å². The van der Waals surface area contributed by atoms with Gasteiger partial charge in [-0.25, -0.2) is 14.4 Å². The molecule has 1 aromatic carbocycles. The summed E-state index contributed by atoms with van der Waals surface area (Å²) in [5.41, 5.74) is 0.963. The van der Waals surface area contributed by atoms with Crippen LogP contribution < -0.4 is 15.0 Å². The molecule has 1 N–H and O–H groups in total. The molecule has 2 aromatic rings. The van der Waals surface area contributed by atoms with Crippen LogP contribution in [0.25, 0.3) is 0 Å². The average Bonchev–Trinajstić information content (AvgIpc) is 2.84. The largest absolute Gasteiger partial charge is 0.493 e. The van der Waals surface area contributed by atoms with Crippen molar-refractivity contribution in [2.75, 3.05) is 43.1 Å². The molecule has 7 heteroatoms. The minimum atomic E-state index is -0.281. The van der Waals surface area contributed by atoms with Crippen LogP contribution in [0, 0.1) is 5.82 Å². The number of ether oxygens (including phenoxy) is 2. The maximum atomic E-state index is 13.5. The van der Waals surface area contributed by atoms with Crippen molar-refractivity contribution in [3.63, 3.8) is 0 Å². The van der Waals surface area contributed by atoms with Crippen LogP contribution in [0.5, 0.6) is 5.75 Å². The summed E-state index contributed by atoms with van der Waals surface area (Å²) in [5.74, 6) is 1.98. The van der Waals surface area contributed by atoms with E-state index in [1.54, 1.807) is 12.4 Å². The summed E-state index contributed by atoms with van der Waals surface area (Å²) in [6.07, 6.45) is 3.37. The van der Waals surface area contributed by atoms with Crippen molar-refractivity contribution in [1.29, 1.82) is 0 Å². The minimum absolute atomic E-state index is 0.0329. The Bertz CT molecular complexity index is 737. The SMILES string of the molecule is Fc1ccc2c(c1)OCCCC2Nc1cc(N2CCOCC2)ncn1. The van der Waals surface area contributed by atoms with E-state index >= 15 is 0 Å². The number of aromatic nitrogens is 2. The average molecular weight is 344 g/mol. The van der Waals surface area contributed by atoms with Crippen LogP contribution in [0.1, 0.15) is 24.4 Å². The van der Waals surface area contributed by atoms with Crippen LogP contribution in [0.3, 0.4) is 0 Å². The number of rotatable bonds is 3. The number of benzene rings is 1. The summed E-state index contributed by atoms with van der Waals surface area (Å²) in [5, 5.41) is 3.46. The predicted octanol–water partition coefficient (Wildman–Crippen LogP) is 2.78. The highest BCUT2D eigenvalue weighted by atomic mass is 19.1. The number of nitrogens with one attached hydrogen (secondary N) is 1. The van der Waals surface area contributed by atoms with Crippen LogP contribution in [0.2, 0.25) is 0 Å². The molecular weight excluding hydrogens is 323 g/mol. The van der Waals surface area contributed by atoms with Gasteiger partial charge in [0, 0.05) is 30.8 Å². The number of hydrogen-bond acceptors (Lipinski definition) is 6. The van der Waals surface area contributed by atoms with Gasteiger partial charge in [0.05, 0.1) is 25.9 Å². The van der Waals surface area contributed by atoms with E-state index in [0.29, 0.717) is 25.6 Å². The number of halogens is 1. The first-order valence-corrected chi connectivity index (χ1v) is 8.63. The first kappa shape index (κ1) is 16.1. The number of morpholine rings is 1. The highest BCUT2D eigenvalue weighted by Gasteiger charge is 2.21. The maximum Gasteiger partial charge on any atom is 0.134 e. The van der Waals surface area contributed by atoms with Crippen molar-refractivity contribution in [3.8, 4) is 5.75 Å². The Morgan fingerprint density at radius 3 is 2.88 bits per heavy atom. The van der Waals surface area contributed by atoms with E-state index in [2.05, 4.69) is 20.2 Å². The molecule has 1 aromatic heterocycles. The van der Waals surface area contributed by atoms with Crippen LogP contribution in [0.15, 0.2) is 30.6 Å². The van der Waals surface area contributed by atoms with E-state index < -0.39 is 0 Å². The molecule has 1 saturated heterocycles. The molecule has 0 radical (unpaired) electrons. The van der Waals surface area contributed by atoms with Crippen molar-refractivity contribution in [3.05, 3.63) is 42.0 Å². The summed E-state index contributed by atoms with van der Waals surface area (Å²) in [6.45, 7) is 3.68. The van der Waals surface area contributed by atoms with E-state index in [9.17, 15) is 4.39 Å². The molecule has 6 nitrogen and oxygen atoms in total. The highest BCUT2D eigenvalue weighted by molar-refractivity contribution is 5.51. The molecule has 25 heavy (non-hydrogen) atoms. The third-order valence-electron chi connectivity index (χ3n) is 4.56. The van der Waals surface area contributed by atoms with Crippen LogP contribution in [-0.4, -0.2) is 42.9 Å². The third kappa shape index (κ3) is 3.66. The predicted molar refractivity (Wildman–Crippen MR) is 92.6 cm³/mol. The Balaban J connectivity index is 1.56. The molecule has 1 unspecified atom stereocenters. The lowest BCUT2D eigenvalue weighted by atomic mass is 10.0. The lowest BCUT2D eigenvalue weighted by molar-refractivity contribution is 0.122. The van der Waals surface area contributed by atoms with Crippen molar-refractivity contribution in [2.45, 2.75) is 18.9 Å². The number of nitrogens with zero attached hydrogens (tertiary/aromatic N) is 3. The zero-order valence-electron chi connectivity index (χ0n) is 13.9. The molecular formula is C18H21FN4O2. The van der Waals surface area contributed by atoms with Gasteiger partial charge in [0.1, 0.15) is 29.5 Å². The Morgan fingerprint density at radius 1 is 1.12 bits per heavy atom. The summed E-state index contributed by atoms with van der Waals surface area (Å²) in [4.78, 5) is 10.9. The second-order valence-corrected chi connectivity index (χ2v) is 6.23. The summed E-state index contributed by atoms with van der Waals surface area (Å²) in [6, 6.07) is 6.71. The highest BCUT2D eigenvalue weighted by Crippen LogP contribution is 2.34. The van der Waals surface area contributed by atoms with Gasteiger partial charge in [-0.2, -0.15) is 0 Å². The van der Waals surface area contributed by atoms with Gasteiger partial charge in [-0.1, -0.05) is 6.07 Å². The van der Waals surface area contributed by atoms with Crippen molar-refractivity contribution in [1.82, 2.24) is 9.97 Å². The lowest BCUT2D eigenvalue weighted by Crippen LogP contribution is -2.36. The van der Waals surface area contributed by atoms with E-state index in [0.717, 1.165) is 43.1 Å². The van der Waals surface area contributed by atoms with Gasteiger partial charge in [0.25, 0.3) is 0 Å². The number of hydrogen-bond donors (Lipinski definition) is 1. The van der Waals surface area contributed by atoms with Gasteiger partial charge in [-0.05, 0) is 18.9 Å². The molecule has 132 valence electrons. The lowest BCUT2D eigenvalue weighted by Gasteiger charge is -2.28. The van der Waals surface area contributed by atoms with Crippen molar-refractivity contribution in [2.24, 2.45) is 0 Å². The molecule has 0 spiro atoms. The quantitative estimate of drug-likeness (QED) is 0.924.